The molecule has 1 amide bonds. The Morgan fingerprint density at radius 2 is 1.78 bits per heavy atom. The Bertz CT molecular complexity index is 399. The maximum Gasteiger partial charge on any atom is 0.251 e. The first-order valence-electron chi connectivity index (χ1n) is 6.35. The van der Waals surface area contributed by atoms with Crippen LogP contribution in [-0.4, -0.2) is 11.4 Å². The van der Waals surface area contributed by atoms with E-state index in [-0.39, 0.29) is 11.4 Å². The summed E-state index contributed by atoms with van der Waals surface area (Å²) >= 11 is 2.17. The van der Waals surface area contributed by atoms with Gasteiger partial charge in [-0.2, -0.15) is 0 Å². The molecule has 4 heteroatoms. The Morgan fingerprint density at radius 1 is 1.22 bits per heavy atom. The standard InChI is InChI=1S/C14H21IN2O/c1-4-14(5-2,6-3)17-13(18)10-7-11(15)9-12(16)8-10/h7-9H,4-6,16H2,1-3H3,(H,17,18). The smallest absolute Gasteiger partial charge is 0.251 e. The largest absolute Gasteiger partial charge is 0.399 e. The average molecular weight is 360 g/mol. The highest BCUT2D eigenvalue weighted by Gasteiger charge is 2.26. The Labute approximate surface area is 123 Å². The third kappa shape index (κ3) is 3.60. The Balaban J connectivity index is 2.94. The SMILES string of the molecule is CCC(CC)(CC)NC(=O)c1cc(N)cc(I)c1. The molecule has 0 aliphatic rings. The van der Waals surface area contributed by atoms with Gasteiger partial charge in [-0.25, -0.2) is 0 Å². The lowest BCUT2D eigenvalue weighted by Crippen LogP contribution is -2.47. The molecule has 0 aromatic heterocycles. The first kappa shape index (κ1) is 15.3. The van der Waals surface area contributed by atoms with Gasteiger partial charge in [0.1, 0.15) is 0 Å². The first-order chi connectivity index (χ1) is 8.46. The average Bonchev–Trinajstić information content (AvgIpc) is 2.35. The fourth-order valence-corrected chi connectivity index (χ4v) is 2.77. The number of carbonyl (C=O) groups excluding carboxylic acids is 1. The van der Waals surface area contributed by atoms with Gasteiger partial charge in [0.15, 0.2) is 0 Å². The summed E-state index contributed by atoms with van der Waals surface area (Å²) in [5, 5.41) is 3.15. The van der Waals surface area contributed by atoms with Gasteiger partial charge in [0.2, 0.25) is 0 Å². The van der Waals surface area contributed by atoms with Crippen LogP contribution < -0.4 is 11.1 Å². The summed E-state index contributed by atoms with van der Waals surface area (Å²) in [6.45, 7) is 6.32. The molecule has 3 nitrogen and oxygen atoms in total. The monoisotopic (exact) mass is 360 g/mol. The van der Waals surface area contributed by atoms with Gasteiger partial charge in [-0.05, 0) is 60.1 Å². The zero-order valence-electron chi connectivity index (χ0n) is 11.2. The molecule has 0 saturated heterocycles. The summed E-state index contributed by atoms with van der Waals surface area (Å²) in [6, 6.07) is 5.44. The van der Waals surface area contributed by atoms with E-state index >= 15 is 0 Å². The van der Waals surface area contributed by atoms with E-state index in [9.17, 15) is 4.79 Å². The second-order valence-corrected chi connectivity index (χ2v) is 5.81. The third-order valence-corrected chi connectivity index (χ3v) is 4.21. The maximum atomic E-state index is 12.3. The molecule has 0 fully saturated rings. The molecule has 0 unspecified atom stereocenters. The van der Waals surface area contributed by atoms with Crippen molar-refractivity contribution in [3.8, 4) is 0 Å². The predicted molar refractivity (Wildman–Crippen MR) is 84.6 cm³/mol. The van der Waals surface area contributed by atoms with Crippen LogP contribution in [0.15, 0.2) is 18.2 Å². The van der Waals surface area contributed by atoms with Crippen LogP contribution in [-0.2, 0) is 0 Å². The summed E-state index contributed by atoms with van der Waals surface area (Å²) < 4.78 is 0.979. The van der Waals surface area contributed by atoms with Gasteiger partial charge >= 0.3 is 0 Å². The van der Waals surface area contributed by atoms with Crippen molar-refractivity contribution in [1.82, 2.24) is 5.32 Å². The third-order valence-electron chi connectivity index (χ3n) is 3.59. The second-order valence-electron chi connectivity index (χ2n) is 4.57. The van der Waals surface area contributed by atoms with E-state index in [1.54, 1.807) is 6.07 Å². The zero-order valence-corrected chi connectivity index (χ0v) is 13.4. The molecule has 3 N–H and O–H groups in total. The van der Waals surface area contributed by atoms with Crippen molar-refractivity contribution >= 4 is 34.2 Å². The van der Waals surface area contributed by atoms with E-state index < -0.39 is 0 Å². The molecule has 0 aliphatic carbocycles. The van der Waals surface area contributed by atoms with Crippen LogP contribution >= 0.6 is 22.6 Å². The number of nitrogens with two attached hydrogens (primary N) is 1. The number of nitrogen functional groups attached to an aromatic ring is 1. The lowest BCUT2D eigenvalue weighted by atomic mass is 9.89. The molecule has 1 aromatic carbocycles. The van der Waals surface area contributed by atoms with Gasteiger partial charge in [0.25, 0.3) is 5.91 Å². The lowest BCUT2D eigenvalue weighted by Gasteiger charge is -2.31. The van der Waals surface area contributed by atoms with Crippen molar-refractivity contribution in [3.05, 3.63) is 27.3 Å². The van der Waals surface area contributed by atoms with Crippen LogP contribution in [0.4, 0.5) is 5.69 Å². The molecule has 0 aliphatic heterocycles. The van der Waals surface area contributed by atoms with E-state index in [1.165, 1.54) is 0 Å². The molecular weight excluding hydrogens is 339 g/mol. The molecule has 0 heterocycles. The number of benzene rings is 1. The van der Waals surface area contributed by atoms with Crippen LogP contribution in [0, 0.1) is 3.57 Å². The van der Waals surface area contributed by atoms with Crippen molar-refractivity contribution in [2.75, 3.05) is 5.73 Å². The highest BCUT2D eigenvalue weighted by molar-refractivity contribution is 14.1. The predicted octanol–water partition coefficient (Wildman–Crippen LogP) is 3.57. The summed E-state index contributed by atoms with van der Waals surface area (Å²) in [6.07, 6.45) is 2.81. The fraction of sp³-hybridized carbons (Fsp3) is 0.500. The van der Waals surface area contributed by atoms with Crippen molar-refractivity contribution in [2.45, 2.75) is 45.6 Å². The molecule has 0 bridgehead atoms. The number of hydrogen-bond acceptors (Lipinski definition) is 2. The van der Waals surface area contributed by atoms with Crippen molar-refractivity contribution in [3.63, 3.8) is 0 Å². The molecular formula is C14H21IN2O. The maximum absolute atomic E-state index is 12.3. The fourth-order valence-electron chi connectivity index (χ4n) is 2.07. The molecule has 1 aromatic rings. The van der Waals surface area contributed by atoms with Gasteiger partial charge in [-0.1, -0.05) is 20.8 Å². The summed E-state index contributed by atoms with van der Waals surface area (Å²) in [7, 11) is 0. The van der Waals surface area contributed by atoms with Crippen LogP contribution in [0.3, 0.4) is 0 Å². The highest BCUT2D eigenvalue weighted by Crippen LogP contribution is 2.21. The van der Waals surface area contributed by atoms with E-state index in [1.807, 2.05) is 12.1 Å². The van der Waals surface area contributed by atoms with Crippen LogP contribution in [0.1, 0.15) is 50.4 Å². The quantitative estimate of drug-likeness (QED) is 0.623. The Morgan fingerprint density at radius 3 is 2.22 bits per heavy atom. The number of amides is 1. The minimum atomic E-state index is -0.104. The second kappa shape index (κ2) is 6.41. The number of nitrogens with one attached hydrogen (secondary N) is 1. The highest BCUT2D eigenvalue weighted by atomic mass is 127. The van der Waals surface area contributed by atoms with E-state index in [4.69, 9.17) is 5.73 Å². The minimum Gasteiger partial charge on any atom is -0.399 e. The summed E-state index contributed by atoms with van der Waals surface area (Å²) in [5.41, 5.74) is 6.93. The Kier molecular flexibility index (Phi) is 5.44. The van der Waals surface area contributed by atoms with Gasteiger partial charge in [-0.3, -0.25) is 4.79 Å². The van der Waals surface area contributed by atoms with Gasteiger partial charge in [0, 0.05) is 20.4 Å². The van der Waals surface area contributed by atoms with E-state index in [0.717, 1.165) is 22.8 Å². The van der Waals surface area contributed by atoms with E-state index in [0.29, 0.717) is 11.3 Å². The lowest BCUT2D eigenvalue weighted by molar-refractivity contribution is 0.0888. The minimum absolute atomic E-state index is 0.0363. The number of rotatable bonds is 5. The van der Waals surface area contributed by atoms with Crippen molar-refractivity contribution in [1.29, 1.82) is 0 Å². The molecule has 0 saturated carbocycles. The van der Waals surface area contributed by atoms with Gasteiger partial charge < -0.3 is 11.1 Å². The topological polar surface area (TPSA) is 55.1 Å². The van der Waals surface area contributed by atoms with E-state index in [2.05, 4.69) is 48.7 Å². The Hall–Kier alpha value is -0.780. The first-order valence-corrected chi connectivity index (χ1v) is 7.42. The van der Waals surface area contributed by atoms with Crippen LogP contribution in [0.5, 0.6) is 0 Å². The van der Waals surface area contributed by atoms with Crippen molar-refractivity contribution < 1.29 is 4.79 Å². The zero-order chi connectivity index (χ0) is 13.8. The number of anilines is 1. The van der Waals surface area contributed by atoms with Crippen LogP contribution in [0.25, 0.3) is 0 Å². The molecule has 0 radical (unpaired) electrons. The molecule has 1 rings (SSSR count). The number of carbonyl (C=O) groups is 1. The molecule has 0 atom stereocenters. The van der Waals surface area contributed by atoms with Crippen LogP contribution in [0.2, 0.25) is 0 Å². The molecule has 100 valence electrons. The molecule has 18 heavy (non-hydrogen) atoms. The number of halogens is 1. The van der Waals surface area contributed by atoms with Crippen molar-refractivity contribution in [2.24, 2.45) is 0 Å². The van der Waals surface area contributed by atoms with Gasteiger partial charge in [0.05, 0.1) is 0 Å². The summed E-state index contributed by atoms with van der Waals surface area (Å²) in [5.74, 6) is -0.0363. The summed E-state index contributed by atoms with van der Waals surface area (Å²) in [4.78, 5) is 12.3. The molecule has 0 spiro atoms. The van der Waals surface area contributed by atoms with Gasteiger partial charge in [-0.15, -0.1) is 0 Å². The normalized spacial score (nSPS) is 11.3. The number of hydrogen-bond donors (Lipinski definition) is 2.